The minimum absolute atomic E-state index is 0.0803. The first-order chi connectivity index (χ1) is 11.5. The summed E-state index contributed by atoms with van der Waals surface area (Å²) < 4.78 is 8.06. The summed E-state index contributed by atoms with van der Waals surface area (Å²) in [7, 11) is 3.32. The van der Waals surface area contributed by atoms with Crippen LogP contribution in [0.4, 0.5) is 0 Å². The lowest BCUT2D eigenvalue weighted by atomic mass is 9.97. The van der Waals surface area contributed by atoms with Crippen LogP contribution in [0.3, 0.4) is 0 Å². The zero-order valence-corrected chi connectivity index (χ0v) is 14.7. The van der Waals surface area contributed by atoms with Gasteiger partial charge in [0, 0.05) is 38.1 Å². The molecule has 1 aliphatic heterocycles. The maximum absolute atomic E-state index is 12.2. The van der Waals surface area contributed by atoms with E-state index in [1.54, 1.807) is 19.1 Å². The molecule has 1 amide bonds. The molecule has 1 unspecified atom stereocenters. The smallest absolute Gasteiger partial charge is 0.223 e. The molecule has 1 heterocycles. The van der Waals surface area contributed by atoms with Crippen molar-refractivity contribution in [2.24, 2.45) is 5.92 Å². The van der Waals surface area contributed by atoms with Gasteiger partial charge in [-0.1, -0.05) is 24.1 Å². The van der Waals surface area contributed by atoms with Crippen LogP contribution in [0.5, 0.6) is 5.75 Å². The number of amides is 1. The summed E-state index contributed by atoms with van der Waals surface area (Å²) in [5.74, 6) is 0.904. The van der Waals surface area contributed by atoms with Gasteiger partial charge in [-0.25, -0.2) is 0 Å². The van der Waals surface area contributed by atoms with Crippen LogP contribution in [0.15, 0.2) is 24.3 Å². The normalized spacial score (nSPS) is 19.8. The summed E-state index contributed by atoms with van der Waals surface area (Å²) in [6.45, 7) is 0.478. The molecule has 1 aromatic rings. The van der Waals surface area contributed by atoms with Gasteiger partial charge in [0.2, 0.25) is 5.91 Å². The lowest BCUT2D eigenvalue weighted by Gasteiger charge is -2.18. The van der Waals surface area contributed by atoms with Crippen LogP contribution < -0.4 is 9.46 Å². The number of ketones is 1. The number of carbonyl (C=O) groups excluding carboxylic acids is 3. The molecule has 1 fully saturated rings. The molecule has 24 heavy (non-hydrogen) atoms. The van der Waals surface area contributed by atoms with E-state index in [2.05, 4.69) is 4.72 Å². The van der Waals surface area contributed by atoms with Crippen LogP contribution >= 0.6 is 11.9 Å². The lowest BCUT2D eigenvalue weighted by molar-refractivity contribution is -0.133. The Kier molecular flexibility index (Phi) is 6.81. The third-order valence-corrected chi connectivity index (χ3v) is 5.00. The maximum atomic E-state index is 12.2. The van der Waals surface area contributed by atoms with E-state index in [0.29, 0.717) is 12.3 Å². The Morgan fingerprint density at radius 1 is 1.33 bits per heavy atom. The second-order valence-electron chi connectivity index (χ2n) is 5.77. The van der Waals surface area contributed by atoms with Gasteiger partial charge in [-0.15, -0.1) is 0 Å². The molecule has 0 spiro atoms. The van der Waals surface area contributed by atoms with Gasteiger partial charge < -0.3 is 14.4 Å². The fourth-order valence-corrected chi connectivity index (χ4v) is 3.56. The number of rotatable bonds is 8. The molecule has 1 aliphatic rings. The largest absolute Gasteiger partial charge is 0.497 e. The molecule has 2 rings (SSSR count). The van der Waals surface area contributed by atoms with Crippen molar-refractivity contribution in [3.05, 3.63) is 29.8 Å². The van der Waals surface area contributed by atoms with Crippen molar-refractivity contribution in [3.8, 4) is 5.75 Å². The average molecular weight is 350 g/mol. The van der Waals surface area contributed by atoms with E-state index in [1.807, 2.05) is 24.3 Å². The quantitative estimate of drug-likeness (QED) is 0.565. The standard InChI is InChI=1S/C17H22N2O4S/c1-19(9-12-3-5-14(23-2)6-4-12)16(22)8-7-15(21)17-13(10-20)11-24-18-17/h3-6,10,13,17-18H,7-9,11H2,1-2H3/t13-,17?/m1/s1. The van der Waals surface area contributed by atoms with Gasteiger partial charge in [0.05, 0.1) is 13.2 Å². The van der Waals surface area contributed by atoms with Gasteiger partial charge in [-0.2, -0.15) is 0 Å². The molecule has 1 saturated heterocycles. The van der Waals surface area contributed by atoms with Crippen molar-refractivity contribution in [2.75, 3.05) is 19.9 Å². The Labute approximate surface area is 146 Å². The molecule has 0 radical (unpaired) electrons. The highest BCUT2D eigenvalue weighted by atomic mass is 32.2. The SMILES string of the molecule is COc1ccc(CN(C)C(=O)CCC(=O)C2NSC[C@H]2C=O)cc1. The Balaban J connectivity index is 1.80. The zero-order chi connectivity index (χ0) is 17.5. The number of nitrogens with zero attached hydrogens (tertiary/aromatic N) is 1. The molecule has 0 bridgehead atoms. The highest BCUT2D eigenvalue weighted by molar-refractivity contribution is 7.97. The molecule has 0 aliphatic carbocycles. The highest BCUT2D eigenvalue weighted by Crippen LogP contribution is 2.21. The molecule has 6 nitrogen and oxygen atoms in total. The molecule has 0 aromatic heterocycles. The van der Waals surface area contributed by atoms with E-state index in [1.165, 1.54) is 11.9 Å². The molecule has 130 valence electrons. The molecule has 0 saturated carbocycles. The summed E-state index contributed by atoms with van der Waals surface area (Å²) >= 11 is 1.38. The first-order valence-electron chi connectivity index (χ1n) is 7.77. The van der Waals surface area contributed by atoms with Crippen molar-refractivity contribution in [1.82, 2.24) is 9.62 Å². The van der Waals surface area contributed by atoms with Gasteiger partial charge in [-0.05, 0) is 17.7 Å². The number of hydrogen-bond donors (Lipinski definition) is 1. The summed E-state index contributed by atoms with van der Waals surface area (Å²) in [4.78, 5) is 36.9. The van der Waals surface area contributed by atoms with Crippen LogP contribution in [0.25, 0.3) is 0 Å². The number of aldehydes is 1. The second-order valence-corrected chi connectivity index (χ2v) is 6.63. The summed E-state index contributed by atoms with van der Waals surface area (Å²) in [5, 5.41) is 0. The number of benzene rings is 1. The molecule has 7 heteroatoms. The first kappa shape index (κ1) is 18.5. The maximum Gasteiger partial charge on any atom is 0.223 e. The van der Waals surface area contributed by atoms with Crippen molar-refractivity contribution in [2.45, 2.75) is 25.4 Å². The minimum Gasteiger partial charge on any atom is -0.497 e. The van der Waals surface area contributed by atoms with Crippen LogP contribution in [-0.2, 0) is 20.9 Å². The molecule has 1 N–H and O–H groups in total. The lowest BCUT2D eigenvalue weighted by Crippen LogP contribution is -2.36. The van der Waals surface area contributed by atoms with Crippen molar-refractivity contribution in [3.63, 3.8) is 0 Å². The van der Waals surface area contributed by atoms with Crippen LogP contribution in [0.2, 0.25) is 0 Å². The van der Waals surface area contributed by atoms with Crippen LogP contribution in [0.1, 0.15) is 18.4 Å². The molecule has 1 aromatic carbocycles. The van der Waals surface area contributed by atoms with E-state index < -0.39 is 6.04 Å². The van der Waals surface area contributed by atoms with E-state index in [9.17, 15) is 14.4 Å². The van der Waals surface area contributed by atoms with Crippen LogP contribution in [0, 0.1) is 5.92 Å². The topological polar surface area (TPSA) is 75.7 Å². The predicted octanol–water partition coefficient (Wildman–Crippen LogP) is 1.44. The summed E-state index contributed by atoms with van der Waals surface area (Å²) in [5.41, 5.74) is 0.993. The second kappa shape index (κ2) is 8.84. The Hall–Kier alpha value is -1.86. The predicted molar refractivity (Wildman–Crippen MR) is 92.6 cm³/mol. The fourth-order valence-electron chi connectivity index (χ4n) is 2.51. The number of carbonyl (C=O) groups is 3. The molecular formula is C17H22N2O4S. The monoisotopic (exact) mass is 350 g/mol. The molecular weight excluding hydrogens is 328 g/mol. The fraction of sp³-hybridized carbons (Fsp3) is 0.471. The zero-order valence-electron chi connectivity index (χ0n) is 13.9. The molecule has 2 atom stereocenters. The third kappa shape index (κ3) is 4.82. The number of methoxy groups -OCH3 is 1. The van der Waals surface area contributed by atoms with Crippen molar-refractivity contribution < 1.29 is 19.1 Å². The van der Waals surface area contributed by atoms with Crippen LogP contribution in [-0.4, -0.2) is 48.8 Å². The van der Waals surface area contributed by atoms with Gasteiger partial charge in [-0.3, -0.25) is 14.3 Å². The number of nitrogens with one attached hydrogen (secondary N) is 1. The Bertz CT molecular complexity index is 591. The van der Waals surface area contributed by atoms with E-state index in [0.717, 1.165) is 17.6 Å². The average Bonchev–Trinajstić information content (AvgIpc) is 3.08. The Morgan fingerprint density at radius 2 is 2.04 bits per heavy atom. The van der Waals surface area contributed by atoms with E-state index in [-0.39, 0.29) is 30.4 Å². The van der Waals surface area contributed by atoms with E-state index in [4.69, 9.17) is 4.74 Å². The first-order valence-corrected chi connectivity index (χ1v) is 8.76. The van der Waals surface area contributed by atoms with Gasteiger partial charge >= 0.3 is 0 Å². The summed E-state index contributed by atoms with van der Waals surface area (Å²) in [6, 6.07) is 7.04. The van der Waals surface area contributed by atoms with E-state index >= 15 is 0 Å². The highest BCUT2D eigenvalue weighted by Gasteiger charge is 2.32. The summed E-state index contributed by atoms with van der Waals surface area (Å²) in [6.07, 6.45) is 1.11. The number of ether oxygens (including phenoxy) is 1. The van der Waals surface area contributed by atoms with Crippen molar-refractivity contribution in [1.29, 1.82) is 0 Å². The van der Waals surface area contributed by atoms with Gasteiger partial charge in [0.15, 0.2) is 5.78 Å². The number of hydrogen-bond acceptors (Lipinski definition) is 6. The van der Waals surface area contributed by atoms with Crippen molar-refractivity contribution >= 4 is 29.9 Å². The van der Waals surface area contributed by atoms with Gasteiger partial charge in [0.25, 0.3) is 0 Å². The van der Waals surface area contributed by atoms with Gasteiger partial charge in [0.1, 0.15) is 12.0 Å². The number of Topliss-reactive ketones (excluding diaryl/α,β-unsaturated/α-hetero) is 1. The minimum atomic E-state index is -0.466. The third-order valence-electron chi connectivity index (χ3n) is 4.03. The Morgan fingerprint density at radius 3 is 2.67 bits per heavy atom.